The van der Waals surface area contributed by atoms with Crippen LogP contribution in [-0.4, -0.2) is 14.7 Å². The zero-order valence-corrected chi connectivity index (χ0v) is 12.1. The maximum absolute atomic E-state index is 10.9. The minimum Gasteiger partial charge on any atom is -0.471 e. The topological polar surface area (TPSA) is 70.2 Å². The van der Waals surface area contributed by atoms with Crippen LogP contribution in [0.2, 0.25) is 5.02 Å². The number of nitrogens with zero attached hydrogens (tertiary/aromatic N) is 3. The highest BCUT2D eigenvalue weighted by atomic mass is 35.5. The smallest absolute Gasteiger partial charge is 0.312 e. The van der Waals surface area contributed by atoms with Crippen LogP contribution in [0.3, 0.4) is 0 Å². The van der Waals surface area contributed by atoms with Crippen LogP contribution in [0.15, 0.2) is 18.2 Å². The molecule has 0 atom stereocenters. The van der Waals surface area contributed by atoms with Crippen LogP contribution < -0.4 is 4.74 Å². The van der Waals surface area contributed by atoms with E-state index in [1.54, 1.807) is 26.0 Å². The van der Waals surface area contributed by atoms with Gasteiger partial charge in [0.25, 0.3) is 0 Å². The van der Waals surface area contributed by atoms with Crippen LogP contribution in [0, 0.1) is 30.9 Å². The van der Waals surface area contributed by atoms with Crippen molar-refractivity contribution in [2.24, 2.45) is 0 Å². The fraction of sp³-hybridized carbons (Fsp3) is 0.308. The van der Waals surface area contributed by atoms with Crippen LogP contribution in [0.25, 0.3) is 0 Å². The lowest BCUT2D eigenvalue weighted by atomic mass is 10.2. The molecule has 0 unspecified atom stereocenters. The fourth-order valence-corrected chi connectivity index (χ4v) is 2.04. The molecule has 0 bridgehead atoms. The van der Waals surface area contributed by atoms with Crippen molar-refractivity contribution < 1.29 is 9.66 Å². The van der Waals surface area contributed by atoms with Gasteiger partial charge in [0.2, 0.25) is 0 Å². The van der Waals surface area contributed by atoms with Crippen molar-refractivity contribution in [1.29, 1.82) is 0 Å². The Hall–Kier alpha value is -2.08. The Kier molecular flexibility index (Phi) is 3.94. The Morgan fingerprint density at radius 3 is 2.65 bits per heavy atom. The van der Waals surface area contributed by atoms with Gasteiger partial charge in [0.1, 0.15) is 17.1 Å². The number of benzene rings is 1. The summed E-state index contributed by atoms with van der Waals surface area (Å²) in [6.07, 6.45) is 0. The van der Waals surface area contributed by atoms with E-state index in [0.717, 1.165) is 5.56 Å². The Bertz CT molecular complexity index is 667. The number of aryl methyl sites for hydroxylation is 2. The highest BCUT2D eigenvalue weighted by Crippen LogP contribution is 2.24. The molecule has 7 heteroatoms. The van der Waals surface area contributed by atoms with E-state index in [-0.39, 0.29) is 12.4 Å². The van der Waals surface area contributed by atoms with E-state index in [2.05, 4.69) is 5.10 Å². The van der Waals surface area contributed by atoms with Gasteiger partial charge in [-0.3, -0.25) is 10.1 Å². The lowest BCUT2D eigenvalue weighted by Gasteiger charge is -2.08. The number of halogens is 1. The van der Waals surface area contributed by atoms with Gasteiger partial charge in [-0.15, -0.1) is 0 Å². The molecule has 0 aliphatic carbocycles. The van der Waals surface area contributed by atoms with E-state index in [0.29, 0.717) is 22.2 Å². The molecule has 0 fully saturated rings. The highest BCUT2D eigenvalue weighted by Gasteiger charge is 2.21. The van der Waals surface area contributed by atoms with Crippen molar-refractivity contribution in [3.8, 4) is 5.75 Å². The van der Waals surface area contributed by atoms with E-state index in [9.17, 15) is 10.1 Å². The molecule has 0 saturated carbocycles. The van der Waals surface area contributed by atoms with Crippen LogP contribution in [0.1, 0.15) is 17.0 Å². The Labute approximate surface area is 121 Å². The standard InChI is InChI=1S/C13H14ClN3O3/c1-8-6-11(4-5-12(8)14)20-7-16-10(3)13(17(18)19)9(2)15-16/h4-6H,7H2,1-3H3. The van der Waals surface area contributed by atoms with Gasteiger partial charge in [0, 0.05) is 5.02 Å². The van der Waals surface area contributed by atoms with Crippen LogP contribution >= 0.6 is 11.6 Å². The van der Waals surface area contributed by atoms with Crippen molar-refractivity contribution in [3.05, 3.63) is 50.3 Å². The molecular formula is C13H14ClN3O3. The highest BCUT2D eigenvalue weighted by molar-refractivity contribution is 6.31. The number of hydrogen-bond donors (Lipinski definition) is 0. The third-order valence-corrected chi connectivity index (χ3v) is 3.43. The first kappa shape index (κ1) is 14.3. The minimum atomic E-state index is -0.430. The van der Waals surface area contributed by atoms with Gasteiger partial charge in [-0.1, -0.05) is 11.6 Å². The molecule has 1 aromatic heterocycles. The van der Waals surface area contributed by atoms with Gasteiger partial charge in [0.15, 0.2) is 6.73 Å². The van der Waals surface area contributed by atoms with Crippen molar-refractivity contribution in [1.82, 2.24) is 9.78 Å². The lowest BCUT2D eigenvalue weighted by molar-refractivity contribution is -0.386. The van der Waals surface area contributed by atoms with Gasteiger partial charge in [-0.25, -0.2) is 4.68 Å². The van der Waals surface area contributed by atoms with Gasteiger partial charge in [-0.05, 0) is 44.5 Å². The van der Waals surface area contributed by atoms with E-state index in [1.807, 2.05) is 13.0 Å². The second-order valence-corrected chi connectivity index (χ2v) is 4.87. The van der Waals surface area contributed by atoms with Crippen LogP contribution in [-0.2, 0) is 6.73 Å². The molecule has 0 amide bonds. The minimum absolute atomic E-state index is 0.0286. The molecule has 2 rings (SSSR count). The van der Waals surface area contributed by atoms with E-state index < -0.39 is 4.92 Å². The van der Waals surface area contributed by atoms with Gasteiger partial charge in [0.05, 0.1) is 4.92 Å². The van der Waals surface area contributed by atoms with E-state index >= 15 is 0 Å². The summed E-state index contributed by atoms with van der Waals surface area (Å²) in [5.74, 6) is 0.641. The molecular weight excluding hydrogens is 282 g/mol. The molecule has 1 heterocycles. The molecule has 1 aromatic carbocycles. The molecule has 0 saturated heterocycles. The largest absolute Gasteiger partial charge is 0.471 e. The SMILES string of the molecule is Cc1cc(OCn2nc(C)c([N+](=O)[O-])c2C)ccc1Cl. The summed E-state index contributed by atoms with van der Waals surface area (Å²) < 4.78 is 7.05. The second kappa shape index (κ2) is 5.50. The molecule has 0 spiro atoms. The first-order chi connectivity index (χ1) is 9.40. The summed E-state index contributed by atoms with van der Waals surface area (Å²) in [6.45, 7) is 5.24. The quantitative estimate of drug-likeness (QED) is 0.640. The summed E-state index contributed by atoms with van der Waals surface area (Å²) in [6, 6.07) is 5.30. The van der Waals surface area contributed by atoms with Gasteiger partial charge < -0.3 is 4.74 Å². The summed E-state index contributed by atoms with van der Waals surface area (Å²) in [7, 11) is 0. The van der Waals surface area contributed by atoms with Gasteiger partial charge in [-0.2, -0.15) is 5.10 Å². The third kappa shape index (κ3) is 2.75. The van der Waals surface area contributed by atoms with Crippen molar-refractivity contribution in [2.75, 3.05) is 0 Å². The summed E-state index contributed by atoms with van der Waals surface area (Å²) in [5, 5.41) is 15.7. The van der Waals surface area contributed by atoms with Crippen LogP contribution in [0.5, 0.6) is 5.75 Å². The molecule has 0 radical (unpaired) electrons. The number of hydrogen-bond acceptors (Lipinski definition) is 4. The first-order valence-corrected chi connectivity index (χ1v) is 6.35. The van der Waals surface area contributed by atoms with Gasteiger partial charge >= 0.3 is 5.69 Å². The predicted molar refractivity (Wildman–Crippen MR) is 75.2 cm³/mol. The Morgan fingerprint density at radius 1 is 1.40 bits per heavy atom. The first-order valence-electron chi connectivity index (χ1n) is 5.97. The molecule has 2 aromatic rings. The van der Waals surface area contributed by atoms with Crippen molar-refractivity contribution >= 4 is 17.3 Å². The molecule has 0 aliphatic rings. The Balaban J connectivity index is 2.17. The Morgan fingerprint density at radius 2 is 2.10 bits per heavy atom. The van der Waals surface area contributed by atoms with Crippen molar-refractivity contribution in [2.45, 2.75) is 27.5 Å². The summed E-state index contributed by atoms with van der Waals surface area (Å²) >= 11 is 5.93. The lowest BCUT2D eigenvalue weighted by Crippen LogP contribution is -2.09. The summed E-state index contributed by atoms with van der Waals surface area (Å²) in [4.78, 5) is 10.5. The third-order valence-electron chi connectivity index (χ3n) is 3.01. The number of nitro groups is 1. The molecule has 6 nitrogen and oxygen atoms in total. The fourth-order valence-electron chi connectivity index (χ4n) is 1.92. The average Bonchev–Trinajstić information content (AvgIpc) is 2.66. The molecule has 106 valence electrons. The second-order valence-electron chi connectivity index (χ2n) is 4.46. The number of rotatable bonds is 4. The number of ether oxygens (including phenoxy) is 1. The maximum Gasteiger partial charge on any atom is 0.312 e. The molecule has 0 aliphatic heterocycles. The van der Waals surface area contributed by atoms with E-state index in [4.69, 9.17) is 16.3 Å². The normalized spacial score (nSPS) is 10.6. The number of aromatic nitrogens is 2. The molecule has 0 N–H and O–H groups in total. The average molecular weight is 296 g/mol. The van der Waals surface area contributed by atoms with Crippen LogP contribution in [0.4, 0.5) is 5.69 Å². The zero-order chi connectivity index (χ0) is 14.9. The zero-order valence-electron chi connectivity index (χ0n) is 11.4. The van der Waals surface area contributed by atoms with Crippen molar-refractivity contribution in [3.63, 3.8) is 0 Å². The summed E-state index contributed by atoms with van der Waals surface area (Å²) in [5.41, 5.74) is 1.78. The van der Waals surface area contributed by atoms with E-state index in [1.165, 1.54) is 4.68 Å². The predicted octanol–water partition coefficient (Wildman–Crippen LogP) is 3.41. The molecule has 20 heavy (non-hydrogen) atoms. The monoisotopic (exact) mass is 295 g/mol. The maximum atomic E-state index is 10.9.